The average molecular weight is 263 g/mol. The van der Waals surface area contributed by atoms with Crippen LogP contribution < -0.4 is 14.8 Å². The molecule has 1 aromatic rings. The van der Waals surface area contributed by atoms with Crippen molar-refractivity contribution in [3.8, 4) is 11.5 Å². The number of rotatable bonds is 6. The van der Waals surface area contributed by atoms with Gasteiger partial charge in [0.05, 0.1) is 14.2 Å². The van der Waals surface area contributed by atoms with Crippen molar-refractivity contribution in [3.63, 3.8) is 0 Å². The molecule has 1 saturated carbocycles. The second-order valence-electron chi connectivity index (χ2n) is 5.31. The molecule has 3 heteroatoms. The molecule has 0 saturated heterocycles. The first-order chi connectivity index (χ1) is 9.26. The SMILES string of the molecule is CCCNC1CCC(c2cc(OC)cc(OC)c2)C1. The first kappa shape index (κ1) is 14.2. The van der Waals surface area contributed by atoms with Gasteiger partial charge in [-0.05, 0) is 55.8 Å². The fraction of sp³-hybridized carbons (Fsp3) is 0.625. The highest BCUT2D eigenvalue weighted by Crippen LogP contribution is 2.37. The summed E-state index contributed by atoms with van der Waals surface area (Å²) in [5.74, 6) is 2.40. The molecule has 0 radical (unpaired) electrons. The number of nitrogens with one attached hydrogen (secondary N) is 1. The minimum atomic E-state index is 0.623. The monoisotopic (exact) mass is 263 g/mol. The molecule has 0 amide bonds. The summed E-state index contributed by atoms with van der Waals surface area (Å²) < 4.78 is 10.7. The Hall–Kier alpha value is -1.22. The lowest BCUT2D eigenvalue weighted by Crippen LogP contribution is -2.26. The summed E-state index contributed by atoms with van der Waals surface area (Å²) in [7, 11) is 3.41. The van der Waals surface area contributed by atoms with Gasteiger partial charge in [0.1, 0.15) is 11.5 Å². The first-order valence-corrected chi connectivity index (χ1v) is 7.23. The van der Waals surface area contributed by atoms with Crippen LogP contribution in [-0.4, -0.2) is 26.8 Å². The summed E-state index contributed by atoms with van der Waals surface area (Å²) in [4.78, 5) is 0. The van der Waals surface area contributed by atoms with Gasteiger partial charge >= 0.3 is 0 Å². The van der Waals surface area contributed by atoms with Gasteiger partial charge in [0.15, 0.2) is 0 Å². The van der Waals surface area contributed by atoms with E-state index in [0.717, 1.165) is 18.0 Å². The minimum absolute atomic E-state index is 0.623. The van der Waals surface area contributed by atoms with E-state index in [4.69, 9.17) is 9.47 Å². The summed E-state index contributed by atoms with van der Waals surface area (Å²) in [6, 6.07) is 6.90. The van der Waals surface area contributed by atoms with Crippen molar-refractivity contribution in [1.29, 1.82) is 0 Å². The third-order valence-electron chi connectivity index (χ3n) is 3.96. The molecule has 2 atom stereocenters. The number of benzene rings is 1. The molecule has 1 aliphatic carbocycles. The summed E-state index contributed by atoms with van der Waals surface area (Å²) in [6.45, 7) is 3.34. The van der Waals surface area contributed by atoms with Crippen molar-refractivity contribution in [2.45, 2.75) is 44.6 Å². The van der Waals surface area contributed by atoms with Gasteiger partial charge in [-0.1, -0.05) is 6.92 Å². The van der Waals surface area contributed by atoms with Crippen molar-refractivity contribution in [2.24, 2.45) is 0 Å². The van der Waals surface area contributed by atoms with E-state index in [2.05, 4.69) is 24.4 Å². The number of hydrogen-bond donors (Lipinski definition) is 1. The van der Waals surface area contributed by atoms with E-state index < -0.39 is 0 Å². The van der Waals surface area contributed by atoms with Crippen LogP contribution in [-0.2, 0) is 0 Å². The lowest BCUT2D eigenvalue weighted by molar-refractivity contribution is 0.392. The summed E-state index contributed by atoms with van der Waals surface area (Å²) in [5.41, 5.74) is 1.34. The highest BCUT2D eigenvalue weighted by molar-refractivity contribution is 5.40. The second kappa shape index (κ2) is 6.80. The Morgan fingerprint density at radius 3 is 2.37 bits per heavy atom. The van der Waals surface area contributed by atoms with E-state index in [-0.39, 0.29) is 0 Å². The number of ether oxygens (including phenoxy) is 2. The van der Waals surface area contributed by atoms with Gasteiger partial charge in [-0.3, -0.25) is 0 Å². The maximum Gasteiger partial charge on any atom is 0.122 e. The Bertz CT molecular complexity index is 383. The van der Waals surface area contributed by atoms with Gasteiger partial charge in [-0.2, -0.15) is 0 Å². The molecule has 0 aromatic heterocycles. The van der Waals surface area contributed by atoms with Crippen LogP contribution in [0, 0.1) is 0 Å². The molecular weight excluding hydrogens is 238 g/mol. The average Bonchev–Trinajstić information content (AvgIpc) is 2.93. The summed E-state index contributed by atoms with van der Waals surface area (Å²) >= 11 is 0. The van der Waals surface area contributed by atoms with Crippen molar-refractivity contribution < 1.29 is 9.47 Å². The Balaban J connectivity index is 2.05. The Kier molecular flexibility index (Phi) is 5.08. The van der Waals surface area contributed by atoms with E-state index in [1.54, 1.807) is 14.2 Å². The fourth-order valence-corrected chi connectivity index (χ4v) is 2.88. The maximum absolute atomic E-state index is 5.35. The fourth-order valence-electron chi connectivity index (χ4n) is 2.88. The normalized spacial score (nSPS) is 22.5. The highest BCUT2D eigenvalue weighted by Gasteiger charge is 2.26. The molecule has 3 nitrogen and oxygen atoms in total. The largest absolute Gasteiger partial charge is 0.497 e. The van der Waals surface area contributed by atoms with Crippen molar-refractivity contribution in [1.82, 2.24) is 5.32 Å². The van der Waals surface area contributed by atoms with Crippen LogP contribution in [0.25, 0.3) is 0 Å². The van der Waals surface area contributed by atoms with Gasteiger partial charge in [0, 0.05) is 12.1 Å². The third-order valence-corrected chi connectivity index (χ3v) is 3.96. The van der Waals surface area contributed by atoms with E-state index in [0.29, 0.717) is 12.0 Å². The molecule has 1 aliphatic rings. The Labute approximate surface area is 116 Å². The van der Waals surface area contributed by atoms with Gasteiger partial charge in [-0.25, -0.2) is 0 Å². The van der Waals surface area contributed by atoms with E-state index in [9.17, 15) is 0 Å². The van der Waals surface area contributed by atoms with E-state index in [1.165, 1.54) is 31.2 Å². The van der Waals surface area contributed by atoms with Crippen molar-refractivity contribution >= 4 is 0 Å². The molecule has 2 rings (SSSR count). The maximum atomic E-state index is 5.35. The predicted molar refractivity (Wildman–Crippen MR) is 78.2 cm³/mol. The summed E-state index contributed by atoms with van der Waals surface area (Å²) in [5, 5.41) is 3.63. The zero-order valence-corrected chi connectivity index (χ0v) is 12.2. The van der Waals surface area contributed by atoms with Gasteiger partial charge in [-0.15, -0.1) is 0 Å². The Morgan fingerprint density at radius 1 is 1.11 bits per heavy atom. The quantitative estimate of drug-likeness (QED) is 0.854. The van der Waals surface area contributed by atoms with Gasteiger partial charge in [0.2, 0.25) is 0 Å². The van der Waals surface area contributed by atoms with Crippen LogP contribution in [0.3, 0.4) is 0 Å². The molecule has 19 heavy (non-hydrogen) atoms. The molecule has 2 unspecified atom stereocenters. The Morgan fingerprint density at radius 2 is 1.79 bits per heavy atom. The van der Waals surface area contributed by atoms with Crippen LogP contribution in [0.4, 0.5) is 0 Å². The molecular formula is C16H25NO2. The van der Waals surface area contributed by atoms with Crippen molar-refractivity contribution in [3.05, 3.63) is 23.8 Å². The number of hydrogen-bond acceptors (Lipinski definition) is 3. The zero-order chi connectivity index (χ0) is 13.7. The predicted octanol–water partition coefficient (Wildman–Crippen LogP) is 3.34. The topological polar surface area (TPSA) is 30.5 Å². The van der Waals surface area contributed by atoms with Crippen LogP contribution in [0.1, 0.15) is 44.1 Å². The number of methoxy groups -OCH3 is 2. The zero-order valence-electron chi connectivity index (χ0n) is 12.2. The molecule has 0 aliphatic heterocycles. The van der Waals surface area contributed by atoms with Crippen molar-refractivity contribution in [2.75, 3.05) is 20.8 Å². The van der Waals surface area contributed by atoms with Gasteiger partial charge < -0.3 is 14.8 Å². The van der Waals surface area contributed by atoms with Gasteiger partial charge in [0.25, 0.3) is 0 Å². The molecule has 0 heterocycles. The molecule has 1 aromatic carbocycles. The molecule has 1 N–H and O–H groups in total. The second-order valence-corrected chi connectivity index (χ2v) is 5.31. The molecule has 106 valence electrons. The smallest absolute Gasteiger partial charge is 0.122 e. The minimum Gasteiger partial charge on any atom is -0.497 e. The molecule has 1 fully saturated rings. The molecule has 0 bridgehead atoms. The van der Waals surface area contributed by atoms with Crippen LogP contribution >= 0.6 is 0 Å². The highest BCUT2D eigenvalue weighted by atomic mass is 16.5. The summed E-state index contributed by atoms with van der Waals surface area (Å²) in [6.07, 6.45) is 4.94. The standard InChI is InChI=1S/C16H25NO2/c1-4-7-17-14-6-5-12(8-14)13-9-15(18-2)11-16(10-13)19-3/h9-12,14,17H,4-8H2,1-3H3. The first-order valence-electron chi connectivity index (χ1n) is 7.23. The van der Waals surface area contributed by atoms with Crippen LogP contribution in [0.15, 0.2) is 18.2 Å². The molecule has 0 spiro atoms. The third kappa shape index (κ3) is 3.63. The van der Waals surface area contributed by atoms with Crippen LogP contribution in [0.5, 0.6) is 11.5 Å². The lowest BCUT2D eigenvalue weighted by Gasteiger charge is -2.15. The van der Waals surface area contributed by atoms with E-state index >= 15 is 0 Å². The lowest BCUT2D eigenvalue weighted by atomic mass is 9.97. The van der Waals surface area contributed by atoms with E-state index in [1.807, 2.05) is 6.07 Å². The van der Waals surface area contributed by atoms with Crippen LogP contribution in [0.2, 0.25) is 0 Å².